The number of hydrogen-bond acceptors (Lipinski definition) is 5. The van der Waals surface area contributed by atoms with E-state index < -0.39 is 0 Å². The first-order chi connectivity index (χ1) is 11.6. The van der Waals surface area contributed by atoms with E-state index in [4.69, 9.17) is 21.7 Å². The van der Waals surface area contributed by atoms with Crippen molar-refractivity contribution in [2.75, 3.05) is 14.2 Å². The van der Waals surface area contributed by atoms with Crippen LogP contribution in [0.3, 0.4) is 0 Å². The molecule has 3 rings (SSSR count). The molecule has 0 radical (unpaired) electrons. The van der Waals surface area contributed by atoms with Crippen LogP contribution in [-0.2, 0) is 0 Å². The number of aromatic amines is 1. The smallest absolute Gasteiger partial charge is 0.197 e. The molecule has 0 spiro atoms. The molecule has 2 N–H and O–H groups in total. The minimum Gasteiger partial charge on any atom is -0.507 e. The van der Waals surface area contributed by atoms with Gasteiger partial charge in [0.2, 0.25) is 0 Å². The number of hydrogen-bond donors (Lipinski definition) is 2. The van der Waals surface area contributed by atoms with Crippen LogP contribution in [0.5, 0.6) is 17.2 Å². The number of phenolic OH excluding ortho intramolecular Hbond substituents is 1. The Balaban J connectivity index is 2.17. The lowest BCUT2D eigenvalue weighted by Gasteiger charge is -2.12. The highest BCUT2D eigenvalue weighted by Gasteiger charge is 2.13. The van der Waals surface area contributed by atoms with Crippen LogP contribution in [0.4, 0.5) is 0 Å². The number of methoxy groups -OCH3 is 2. The first kappa shape index (κ1) is 16.0. The second-order valence-corrected chi connectivity index (χ2v) is 5.48. The molecule has 0 aliphatic rings. The van der Waals surface area contributed by atoms with E-state index in [1.54, 1.807) is 38.6 Å². The van der Waals surface area contributed by atoms with E-state index in [0.29, 0.717) is 21.8 Å². The first-order valence-corrected chi connectivity index (χ1v) is 7.64. The van der Waals surface area contributed by atoms with Gasteiger partial charge in [-0.05, 0) is 42.0 Å². The summed E-state index contributed by atoms with van der Waals surface area (Å²) in [5.74, 6) is 1.44. The van der Waals surface area contributed by atoms with Gasteiger partial charge in [-0.2, -0.15) is 0 Å². The Hall–Kier alpha value is -2.86. The Morgan fingerprint density at radius 2 is 1.62 bits per heavy atom. The van der Waals surface area contributed by atoms with Gasteiger partial charge in [-0.15, -0.1) is 0 Å². The molecule has 0 aliphatic carbocycles. The highest BCUT2D eigenvalue weighted by atomic mass is 32.1. The Kier molecular flexibility index (Phi) is 4.48. The predicted octanol–water partition coefficient (Wildman–Crippen LogP) is 4.20. The third-order valence-electron chi connectivity index (χ3n) is 3.69. The number of aromatic nitrogens is 2. The molecule has 0 saturated heterocycles. The van der Waals surface area contributed by atoms with Gasteiger partial charge >= 0.3 is 0 Å². The Bertz CT molecular complexity index is 920. The summed E-state index contributed by atoms with van der Waals surface area (Å²) < 4.78 is 10.7. The van der Waals surface area contributed by atoms with E-state index in [-0.39, 0.29) is 5.75 Å². The molecule has 0 saturated carbocycles. The van der Waals surface area contributed by atoms with E-state index in [1.807, 2.05) is 24.3 Å². The van der Waals surface area contributed by atoms with E-state index in [0.717, 1.165) is 16.9 Å². The molecule has 2 aromatic carbocycles. The van der Waals surface area contributed by atoms with Crippen LogP contribution in [0.2, 0.25) is 0 Å². The molecule has 24 heavy (non-hydrogen) atoms. The van der Waals surface area contributed by atoms with Crippen molar-refractivity contribution < 1.29 is 14.6 Å². The molecule has 3 aromatic rings. The van der Waals surface area contributed by atoms with Gasteiger partial charge in [0, 0.05) is 23.4 Å². The largest absolute Gasteiger partial charge is 0.507 e. The number of H-pyrrole nitrogens is 1. The third kappa shape index (κ3) is 3.09. The maximum atomic E-state index is 10.3. The molecular weight excluding hydrogens is 324 g/mol. The third-order valence-corrected chi connectivity index (χ3v) is 3.89. The lowest BCUT2D eigenvalue weighted by molar-refractivity contribution is 0.408. The van der Waals surface area contributed by atoms with Crippen LogP contribution in [0.15, 0.2) is 48.7 Å². The maximum Gasteiger partial charge on any atom is 0.197 e. The lowest BCUT2D eigenvalue weighted by Crippen LogP contribution is -1.94. The van der Waals surface area contributed by atoms with Crippen molar-refractivity contribution in [2.45, 2.75) is 0 Å². The number of ether oxygens (including phenoxy) is 2. The van der Waals surface area contributed by atoms with Gasteiger partial charge < -0.3 is 19.6 Å². The van der Waals surface area contributed by atoms with Crippen LogP contribution < -0.4 is 9.47 Å². The van der Waals surface area contributed by atoms with Gasteiger partial charge in [0.15, 0.2) is 4.77 Å². The van der Waals surface area contributed by atoms with Crippen LogP contribution in [0.1, 0.15) is 0 Å². The topological polar surface area (TPSA) is 67.4 Å². The second-order valence-electron chi connectivity index (χ2n) is 5.09. The van der Waals surface area contributed by atoms with Crippen molar-refractivity contribution in [3.63, 3.8) is 0 Å². The van der Waals surface area contributed by atoms with Gasteiger partial charge in [0.1, 0.15) is 17.2 Å². The molecule has 0 unspecified atom stereocenters. The second kappa shape index (κ2) is 6.72. The molecule has 0 aliphatic heterocycles. The molecule has 122 valence electrons. The lowest BCUT2D eigenvalue weighted by atomic mass is 10.00. The van der Waals surface area contributed by atoms with Gasteiger partial charge in [-0.1, -0.05) is 12.1 Å². The van der Waals surface area contributed by atoms with E-state index in [2.05, 4.69) is 9.97 Å². The predicted molar refractivity (Wildman–Crippen MR) is 95.1 cm³/mol. The normalized spacial score (nSPS) is 10.4. The van der Waals surface area contributed by atoms with E-state index in [9.17, 15) is 5.11 Å². The van der Waals surface area contributed by atoms with Crippen LogP contribution in [-0.4, -0.2) is 29.3 Å². The summed E-state index contributed by atoms with van der Waals surface area (Å²) in [7, 11) is 3.17. The minimum atomic E-state index is 0.0981. The van der Waals surface area contributed by atoms with Gasteiger partial charge in [0.05, 0.1) is 19.9 Å². The van der Waals surface area contributed by atoms with Crippen molar-refractivity contribution in [3.8, 4) is 39.6 Å². The number of nitrogens with zero attached hydrogens (tertiary/aromatic N) is 1. The van der Waals surface area contributed by atoms with Crippen molar-refractivity contribution in [2.24, 2.45) is 0 Å². The summed E-state index contributed by atoms with van der Waals surface area (Å²) in [5, 5.41) is 10.3. The molecule has 1 aromatic heterocycles. The zero-order valence-electron chi connectivity index (χ0n) is 13.2. The minimum absolute atomic E-state index is 0.0981. The number of nitrogens with one attached hydrogen (secondary N) is 1. The molecular formula is C18H16N2O3S. The van der Waals surface area contributed by atoms with Crippen molar-refractivity contribution in [1.82, 2.24) is 9.97 Å². The fourth-order valence-electron chi connectivity index (χ4n) is 2.45. The van der Waals surface area contributed by atoms with E-state index >= 15 is 0 Å². The Labute approximate surface area is 144 Å². The van der Waals surface area contributed by atoms with Crippen LogP contribution in [0.25, 0.3) is 22.4 Å². The number of benzene rings is 2. The first-order valence-electron chi connectivity index (χ1n) is 7.23. The molecule has 1 heterocycles. The number of phenols is 1. The molecule has 0 atom stereocenters. The van der Waals surface area contributed by atoms with E-state index in [1.165, 1.54) is 0 Å². The van der Waals surface area contributed by atoms with Crippen molar-refractivity contribution in [1.29, 1.82) is 0 Å². The van der Waals surface area contributed by atoms with Crippen LogP contribution >= 0.6 is 12.2 Å². The summed E-state index contributed by atoms with van der Waals surface area (Å²) in [6.07, 6.45) is 1.69. The average molecular weight is 340 g/mol. The standard InChI is InChI=1S/C18H16N2O3S/c1-22-12-5-3-11(4-6-12)15-10-19-18(24)20-17(15)14-8-7-13(23-2)9-16(14)21/h3-10,21H,1-2H3,(H,19,20,24). The summed E-state index contributed by atoms with van der Waals surface area (Å²) in [5.41, 5.74) is 3.07. The van der Waals surface area contributed by atoms with Crippen molar-refractivity contribution in [3.05, 3.63) is 53.4 Å². The van der Waals surface area contributed by atoms with Crippen LogP contribution in [0, 0.1) is 4.77 Å². The SMILES string of the molecule is COc1ccc(-c2cnc(=S)[nH]c2-c2ccc(OC)cc2O)cc1. The van der Waals surface area contributed by atoms with Gasteiger partial charge in [-0.3, -0.25) is 0 Å². The average Bonchev–Trinajstić information content (AvgIpc) is 2.61. The Morgan fingerprint density at radius 1 is 0.958 bits per heavy atom. The number of aromatic hydroxyl groups is 1. The highest BCUT2D eigenvalue weighted by molar-refractivity contribution is 7.71. The fraction of sp³-hybridized carbons (Fsp3) is 0.111. The number of rotatable bonds is 4. The Morgan fingerprint density at radius 3 is 2.25 bits per heavy atom. The molecule has 5 nitrogen and oxygen atoms in total. The zero-order valence-corrected chi connectivity index (χ0v) is 14.1. The van der Waals surface area contributed by atoms with Crippen molar-refractivity contribution >= 4 is 12.2 Å². The maximum absolute atomic E-state index is 10.3. The summed E-state index contributed by atoms with van der Waals surface area (Å²) in [6.45, 7) is 0. The monoisotopic (exact) mass is 340 g/mol. The molecule has 0 fully saturated rings. The zero-order chi connectivity index (χ0) is 17.1. The summed E-state index contributed by atoms with van der Waals surface area (Å²) >= 11 is 5.15. The van der Waals surface area contributed by atoms with Gasteiger partial charge in [0.25, 0.3) is 0 Å². The summed E-state index contributed by atoms with van der Waals surface area (Å²) in [4.78, 5) is 7.24. The fourth-order valence-corrected chi connectivity index (χ4v) is 2.60. The molecule has 0 bridgehead atoms. The highest BCUT2D eigenvalue weighted by Crippen LogP contribution is 2.37. The quantitative estimate of drug-likeness (QED) is 0.697. The van der Waals surface area contributed by atoms with Gasteiger partial charge in [-0.25, -0.2) is 4.98 Å². The molecule has 0 amide bonds. The molecule has 6 heteroatoms. The summed E-state index contributed by atoms with van der Waals surface area (Å²) in [6, 6.07) is 12.7.